The Morgan fingerprint density at radius 3 is 2.07 bits per heavy atom. The van der Waals surface area contributed by atoms with Crippen LogP contribution in [0.4, 0.5) is 0 Å². The number of hydrogen-bond donors (Lipinski definition) is 0. The Morgan fingerprint density at radius 2 is 1.60 bits per heavy atom. The molecule has 2 nitrogen and oxygen atoms in total. The molecule has 15 heavy (non-hydrogen) atoms. The molecule has 0 radical (unpaired) electrons. The number of hydrogen-bond acceptors (Lipinski definition) is 2. The zero-order chi connectivity index (χ0) is 11.7. The summed E-state index contributed by atoms with van der Waals surface area (Å²) < 4.78 is 5.57. The quantitative estimate of drug-likeness (QED) is 0.657. The summed E-state index contributed by atoms with van der Waals surface area (Å²) in [5.74, 6) is 1.94. The summed E-state index contributed by atoms with van der Waals surface area (Å²) in [6.45, 7) is 12.9. The zero-order valence-corrected chi connectivity index (χ0v) is 10.8. The van der Waals surface area contributed by atoms with E-state index in [2.05, 4.69) is 34.6 Å². The Labute approximate surface area is 93.4 Å². The van der Waals surface area contributed by atoms with Crippen LogP contribution in [0.15, 0.2) is 0 Å². The molecule has 1 heterocycles. The number of rotatable bonds is 2. The minimum Gasteiger partial charge on any atom is -0.462 e. The maximum absolute atomic E-state index is 11.7. The lowest BCUT2D eigenvalue weighted by molar-refractivity contribution is -0.175. The van der Waals surface area contributed by atoms with Gasteiger partial charge in [-0.1, -0.05) is 41.5 Å². The van der Waals surface area contributed by atoms with Gasteiger partial charge in [0.1, 0.15) is 6.10 Å². The fourth-order valence-corrected chi connectivity index (χ4v) is 2.28. The van der Waals surface area contributed by atoms with Crippen molar-refractivity contribution in [3.63, 3.8) is 0 Å². The molecule has 5 atom stereocenters. The molecule has 0 amide bonds. The molecule has 0 aromatic carbocycles. The van der Waals surface area contributed by atoms with Crippen LogP contribution in [0.5, 0.6) is 0 Å². The van der Waals surface area contributed by atoms with Gasteiger partial charge in [-0.25, -0.2) is 0 Å². The largest absolute Gasteiger partial charge is 0.462 e. The van der Waals surface area contributed by atoms with Crippen LogP contribution in [-0.4, -0.2) is 12.1 Å². The van der Waals surface area contributed by atoms with Gasteiger partial charge >= 0.3 is 5.97 Å². The maximum atomic E-state index is 11.7. The first-order valence-electron chi connectivity index (χ1n) is 6.06. The molecule has 1 fully saturated rings. The first-order valence-corrected chi connectivity index (χ1v) is 6.06. The molecule has 0 spiro atoms. The fraction of sp³-hybridized carbons (Fsp3) is 0.923. The highest BCUT2D eigenvalue weighted by Gasteiger charge is 2.41. The Hall–Kier alpha value is -0.530. The van der Waals surface area contributed by atoms with Crippen LogP contribution < -0.4 is 0 Å². The molecule has 0 bridgehead atoms. The van der Waals surface area contributed by atoms with Gasteiger partial charge in [0.25, 0.3) is 0 Å². The van der Waals surface area contributed by atoms with Crippen LogP contribution in [0.1, 0.15) is 41.5 Å². The van der Waals surface area contributed by atoms with Crippen molar-refractivity contribution < 1.29 is 9.53 Å². The lowest BCUT2D eigenvalue weighted by Crippen LogP contribution is -2.46. The van der Waals surface area contributed by atoms with Crippen LogP contribution in [0.25, 0.3) is 0 Å². The van der Waals surface area contributed by atoms with E-state index in [1.165, 1.54) is 0 Å². The van der Waals surface area contributed by atoms with Gasteiger partial charge in [0.15, 0.2) is 0 Å². The molecule has 1 aliphatic rings. The van der Waals surface area contributed by atoms with Crippen molar-refractivity contribution in [3.8, 4) is 0 Å². The highest BCUT2D eigenvalue weighted by molar-refractivity contribution is 5.73. The summed E-state index contributed by atoms with van der Waals surface area (Å²) in [4.78, 5) is 11.7. The summed E-state index contributed by atoms with van der Waals surface area (Å²) in [5, 5.41) is 0. The molecular formula is C13H24O2. The van der Waals surface area contributed by atoms with Crippen LogP contribution in [-0.2, 0) is 9.53 Å². The van der Waals surface area contributed by atoms with Gasteiger partial charge in [0, 0.05) is 0 Å². The predicted molar refractivity (Wildman–Crippen MR) is 61.4 cm³/mol. The highest BCUT2D eigenvalue weighted by Crippen LogP contribution is 2.36. The van der Waals surface area contributed by atoms with Crippen molar-refractivity contribution in [3.05, 3.63) is 0 Å². The van der Waals surface area contributed by atoms with Gasteiger partial charge in [-0.05, 0) is 23.7 Å². The second-order valence-electron chi connectivity index (χ2n) is 5.51. The third kappa shape index (κ3) is 2.35. The molecule has 2 heteroatoms. The minimum atomic E-state index is -0.0156. The lowest BCUT2D eigenvalue weighted by Gasteiger charge is -2.41. The molecule has 0 saturated carbocycles. The molecule has 0 aromatic rings. The van der Waals surface area contributed by atoms with Crippen molar-refractivity contribution in [2.24, 2.45) is 29.6 Å². The van der Waals surface area contributed by atoms with Gasteiger partial charge in [-0.3, -0.25) is 4.79 Å². The average Bonchev–Trinajstić information content (AvgIpc) is 2.19. The Balaban J connectivity index is 2.79. The number of carbonyl (C=O) groups excluding carboxylic acids is 1. The predicted octanol–water partition coefficient (Wildman–Crippen LogP) is 3.11. The van der Waals surface area contributed by atoms with E-state index in [1.807, 2.05) is 6.92 Å². The normalized spacial score (nSPS) is 39.0. The third-order valence-electron chi connectivity index (χ3n) is 4.33. The molecule has 5 unspecified atom stereocenters. The van der Waals surface area contributed by atoms with E-state index in [4.69, 9.17) is 4.74 Å². The highest BCUT2D eigenvalue weighted by atomic mass is 16.5. The standard InChI is InChI=1S/C13H24O2/c1-7(2)8(3)12-10(5)9(4)11(6)13(14)15-12/h7-12H,1-6H3. The van der Waals surface area contributed by atoms with E-state index in [-0.39, 0.29) is 18.0 Å². The summed E-state index contributed by atoms with van der Waals surface area (Å²) in [7, 11) is 0. The summed E-state index contributed by atoms with van der Waals surface area (Å²) in [5.41, 5.74) is 0. The summed E-state index contributed by atoms with van der Waals surface area (Å²) in [6, 6.07) is 0. The van der Waals surface area contributed by atoms with E-state index in [9.17, 15) is 4.79 Å². The van der Waals surface area contributed by atoms with Crippen molar-refractivity contribution in [1.82, 2.24) is 0 Å². The van der Waals surface area contributed by atoms with Gasteiger partial charge in [0.05, 0.1) is 5.92 Å². The summed E-state index contributed by atoms with van der Waals surface area (Å²) >= 11 is 0. The SMILES string of the molecule is CC(C)C(C)C1OC(=O)C(C)C(C)C1C. The number of ether oxygens (including phenoxy) is 1. The van der Waals surface area contributed by atoms with Crippen molar-refractivity contribution in [2.45, 2.75) is 47.6 Å². The fourth-order valence-electron chi connectivity index (χ4n) is 2.28. The van der Waals surface area contributed by atoms with Crippen LogP contribution in [0, 0.1) is 29.6 Å². The minimum absolute atomic E-state index is 0.0156. The van der Waals surface area contributed by atoms with Crippen molar-refractivity contribution in [1.29, 1.82) is 0 Å². The van der Waals surface area contributed by atoms with E-state index >= 15 is 0 Å². The topological polar surface area (TPSA) is 26.3 Å². The molecule has 1 aliphatic heterocycles. The molecular weight excluding hydrogens is 188 g/mol. The average molecular weight is 212 g/mol. The molecule has 0 N–H and O–H groups in total. The maximum Gasteiger partial charge on any atom is 0.309 e. The van der Waals surface area contributed by atoms with E-state index in [0.717, 1.165) is 0 Å². The van der Waals surface area contributed by atoms with Gasteiger partial charge in [-0.2, -0.15) is 0 Å². The second-order valence-corrected chi connectivity index (χ2v) is 5.51. The summed E-state index contributed by atoms with van der Waals surface area (Å²) in [6.07, 6.45) is 0.101. The van der Waals surface area contributed by atoms with Crippen molar-refractivity contribution >= 4 is 5.97 Å². The molecule has 1 rings (SSSR count). The number of cyclic esters (lactones) is 1. The van der Waals surface area contributed by atoms with Gasteiger partial charge < -0.3 is 4.74 Å². The van der Waals surface area contributed by atoms with Crippen LogP contribution in [0.2, 0.25) is 0 Å². The molecule has 0 aromatic heterocycles. The van der Waals surface area contributed by atoms with Crippen LogP contribution >= 0.6 is 0 Å². The lowest BCUT2D eigenvalue weighted by atomic mass is 9.74. The number of esters is 1. The van der Waals surface area contributed by atoms with Gasteiger partial charge in [0.2, 0.25) is 0 Å². The second kappa shape index (κ2) is 4.54. The van der Waals surface area contributed by atoms with Gasteiger partial charge in [-0.15, -0.1) is 0 Å². The molecule has 0 aliphatic carbocycles. The van der Waals surface area contributed by atoms with Crippen molar-refractivity contribution in [2.75, 3.05) is 0 Å². The zero-order valence-electron chi connectivity index (χ0n) is 10.8. The first kappa shape index (κ1) is 12.5. The Bertz CT molecular complexity index is 235. The third-order valence-corrected chi connectivity index (χ3v) is 4.33. The smallest absolute Gasteiger partial charge is 0.309 e. The Kier molecular flexibility index (Phi) is 3.80. The van der Waals surface area contributed by atoms with Crippen LogP contribution in [0.3, 0.4) is 0 Å². The number of carbonyl (C=O) groups is 1. The molecule has 88 valence electrons. The van der Waals surface area contributed by atoms with E-state index in [0.29, 0.717) is 23.7 Å². The van der Waals surface area contributed by atoms with E-state index in [1.54, 1.807) is 0 Å². The Morgan fingerprint density at radius 1 is 1.07 bits per heavy atom. The monoisotopic (exact) mass is 212 g/mol. The van der Waals surface area contributed by atoms with E-state index < -0.39 is 0 Å². The first-order chi connectivity index (χ1) is 6.86. The molecule has 1 saturated heterocycles.